The summed E-state index contributed by atoms with van der Waals surface area (Å²) >= 11 is 0. The quantitative estimate of drug-likeness (QED) is 0.893. The van der Waals surface area contributed by atoms with Gasteiger partial charge in [0.25, 0.3) is 0 Å². The van der Waals surface area contributed by atoms with Gasteiger partial charge >= 0.3 is 0 Å². The predicted octanol–water partition coefficient (Wildman–Crippen LogP) is 2.75. The minimum absolute atomic E-state index is 0.0863. The molecule has 1 fully saturated rings. The fraction of sp³-hybridized carbons (Fsp3) is 0.400. The lowest BCUT2D eigenvalue weighted by atomic mass is 9.94. The Labute approximate surface area is 138 Å². The summed E-state index contributed by atoms with van der Waals surface area (Å²) in [6.45, 7) is 1.61. The van der Waals surface area contributed by atoms with Crippen LogP contribution in [0, 0.1) is 0 Å². The maximum absolute atomic E-state index is 10.2. The molecule has 0 amide bonds. The van der Waals surface area contributed by atoms with Crippen LogP contribution in [-0.4, -0.2) is 35.2 Å². The summed E-state index contributed by atoms with van der Waals surface area (Å²) in [5.41, 5.74) is 8.66. The number of aliphatic hydroxyl groups excluding tert-OH is 1. The van der Waals surface area contributed by atoms with Crippen LogP contribution in [0.3, 0.4) is 0 Å². The maximum Gasteiger partial charge on any atom is 0.0818 e. The van der Waals surface area contributed by atoms with E-state index in [1.807, 2.05) is 0 Å². The molecule has 23 heavy (non-hydrogen) atoms. The van der Waals surface area contributed by atoms with E-state index in [4.69, 9.17) is 5.73 Å². The van der Waals surface area contributed by atoms with E-state index in [1.54, 1.807) is 0 Å². The van der Waals surface area contributed by atoms with Crippen molar-refractivity contribution < 1.29 is 5.11 Å². The van der Waals surface area contributed by atoms with Gasteiger partial charge in [-0.05, 0) is 30.4 Å². The molecule has 1 unspecified atom stereocenters. The normalized spacial score (nSPS) is 23.6. The molecule has 1 heterocycles. The number of likely N-dealkylation sites (tertiary alicyclic amines) is 1. The largest absolute Gasteiger partial charge is 0.390 e. The van der Waals surface area contributed by atoms with E-state index in [-0.39, 0.29) is 6.04 Å². The van der Waals surface area contributed by atoms with Gasteiger partial charge in [0.05, 0.1) is 6.10 Å². The van der Waals surface area contributed by atoms with Crippen molar-refractivity contribution in [2.24, 2.45) is 5.73 Å². The van der Waals surface area contributed by atoms with E-state index in [0.717, 1.165) is 25.8 Å². The second-order valence-electron chi connectivity index (χ2n) is 6.47. The first kappa shape index (κ1) is 16.2. The van der Waals surface area contributed by atoms with Crippen LogP contribution in [0.15, 0.2) is 60.7 Å². The fourth-order valence-electron chi connectivity index (χ4n) is 3.44. The number of aryl methyl sites for hydroxylation is 1. The molecule has 0 spiro atoms. The smallest absolute Gasteiger partial charge is 0.0818 e. The van der Waals surface area contributed by atoms with Gasteiger partial charge in [0, 0.05) is 25.2 Å². The van der Waals surface area contributed by atoms with Gasteiger partial charge < -0.3 is 10.8 Å². The molecular weight excluding hydrogens is 284 g/mol. The van der Waals surface area contributed by atoms with Crippen LogP contribution in [0.25, 0.3) is 0 Å². The number of piperidine rings is 1. The lowest BCUT2D eigenvalue weighted by Crippen LogP contribution is -2.51. The van der Waals surface area contributed by atoms with Crippen LogP contribution in [0.2, 0.25) is 0 Å². The highest BCUT2D eigenvalue weighted by Crippen LogP contribution is 2.28. The summed E-state index contributed by atoms with van der Waals surface area (Å²) in [7, 11) is 0. The molecule has 3 rings (SSSR count). The molecule has 122 valence electrons. The third kappa shape index (κ3) is 4.20. The van der Waals surface area contributed by atoms with Gasteiger partial charge in [-0.3, -0.25) is 4.90 Å². The predicted molar refractivity (Wildman–Crippen MR) is 94.1 cm³/mol. The van der Waals surface area contributed by atoms with Crippen molar-refractivity contribution in [2.75, 3.05) is 13.1 Å². The van der Waals surface area contributed by atoms with Crippen LogP contribution >= 0.6 is 0 Å². The molecule has 0 radical (unpaired) electrons. The number of hydrogen-bond acceptors (Lipinski definition) is 3. The molecule has 1 saturated heterocycles. The van der Waals surface area contributed by atoms with Crippen LogP contribution in [0.1, 0.15) is 30.0 Å². The standard InChI is InChI=1S/C20H26N2O/c21-18-13-14-22(15-20(18)23)19(17-9-5-2-6-10-17)12-11-16-7-3-1-4-8-16/h1-10,18-20,23H,11-15,21H2/t18-,19?,20-/m0/s1. The minimum atomic E-state index is -0.424. The Morgan fingerprint density at radius 3 is 2.35 bits per heavy atom. The minimum Gasteiger partial charge on any atom is -0.390 e. The van der Waals surface area contributed by atoms with Gasteiger partial charge in [-0.1, -0.05) is 60.7 Å². The van der Waals surface area contributed by atoms with E-state index in [1.165, 1.54) is 11.1 Å². The van der Waals surface area contributed by atoms with Gasteiger partial charge in [0.1, 0.15) is 0 Å². The zero-order chi connectivity index (χ0) is 16.1. The van der Waals surface area contributed by atoms with Crippen molar-refractivity contribution in [2.45, 2.75) is 37.5 Å². The number of benzene rings is 2. The maximum atomic E-state index is 10.2. The Morgan fingerprint density at radius 1 is 1.04 bits per heavy atom. The molecule has 0 saturated carbocycles. The van der Waals surface area contributed by atoms with Crippen LogP contribution < -0.4 is 5.73 Å². The second-order valence-corrected chi connectivity index (χ2v) is 6.47. The molecule has 0 aliphatic carbocycles. The molecule has 2 aromatic rings. The highest BCUT2D eigenvalue weighted by Gasteiger charge is 2.29. The summed E-state index contributed by atoms with van der Waals surface area (Å²) in [6.07, 6.45) is 2.52. The summed E-state index contributed by atoms with van der Waals surface area (Å²) < 4.78 is 0. The molecule has 1 aliphatic rings. The van der Waals surface area contributed by atoms with Gasteiger partial charge in [-0.2, -0.15) is 0 Å². The average molecular weight is 310 g/mol. The molecule has 2 aromatic carbocycles. The zero-order valence-electron chi connectivity index (χ0n) is 13.5. The van der Waals surface area contributed by atoms with Crippen molar-refractivity contribution in [3.05, 3.63) is 71.8 Å². The SMILES string of the molecule is N[C@H]1CCN(C(CCc2ccccc2)c2ccccc2)C[C@@H]1O. The van der Waals surface area contributed by atoms with Gasteiger partial charge in [-0.25, -0.2) is 0 Å². The number of rotatable bonds is 5. The lowest BCUT2D eigenvalue weighted by molar-refractivity contribution is 0.0292. The Kier molecular flexibility index (Phi) is 5.44. The molecule has 1 aliphatic heterocycles. The van der Waals surface area contributed by atoms with Crippen molar-refractivity contribution in [1.82, 2.24) is 4.90 Å². The lowest BCUT2D eigenvalue weighted by Gasteiger charge is -2.39. The average Bonchev–Trinajstić information content (AvgIpc) is 2.60. The summed E-state index contributed by atoms with van der Waals surface area (Å²) in [5, 5.41) is 10.2. The second kappa shape index (κ2) is 7.73. The Balaban J connectivity index is 1.74. The molecule has 3 heteroatoms. The van der Waals surface area contributed by atoms with Crippen molar-refractivity contribution >= 4 is 0 Å². The van der Waals surface area contributed by atoms with Crippen LogP contribution in [-0.2, 0) is 6.42 Å². The Hall–Kier alpha value is -1.68. The monoisotopic (exact) mass is 310 g/mol. The molecule has 0 aromatic heterocycles. The first-order valence-electron chi connectivity index (χ1n) is 8.50. The van der Waals surface area contributed by atoms with Crippen molar-refractivity contribution in [3.8, 4) is 0 Å². The van der Waals surface area contributed by atoms with E-state index in [2.05, 4.69) is 65.6 Å². The van der Waals surface area contributed by atoms with Crippen LogP contribution in [0.4, 0.5) is 0 Å². The van der Waals surface area contributed by atoms with Crippen LogP contribution in [0.5, 0.6) is 0 Å². The third-order valence-electron chi connectivity index (χ3n) is 4.84. The number of nitrogens with two attached hydrogens (primary N) is 1. The van der Waals surface area contributed by atoms with E-state index in [9.17, 15) is 5.11 Å². The first-order valence-corrected chi connectivity index (χ1v) is 8.50. The molecule has 0 bridgehead atoms. The topological polar surface area (TPSA) is 49.5 Å². The van der Waals surface area contributed by atoms with E-state index >= 15 is 0 Å². The molecular formula is C20H26N2O. The molecule has 3 nitrogen and oxygen atoms in total. The Bertz CT molecular complexity index is 587. The third-order valence-corrected chi connectivity index (χ3v) is 4.84. The van der Waals surface area contributed by atoms with E-state index in [0.29, 0.717) is 12.6 Å². The highest BCUT2D eigenvalue weighted by molar-refractivity contribution is 5.21. The Morgan fingerprint density at radius 2 is 1.70 bits per heavy atom. The summed E-state index contributed by atoms with van der Waals surface area (Å²) in [6, 6.07) is 21.5. The summed E-state index contributed by atoms with van der Waals surface area (Å²) in [5.74, 6) is 0. The molecule has 3 atom stereocenters. The van der Waals surface area contributed by atoms with Gasteiger partial charge in [-0.15, -0.1) is 0 Å². The highest BCUT2D eigenvalue weighted by atomic mass is 16.3. The van der Waals surface area contributed by atoms with Crippen molar-refractivity contribution in [1.29, 1.82) is 0 Å². The number of aliphatic hydroxyl groups is 1. The van der Waals surface area contributed by atoms with Crippen molar-refractivity contribution in [3.63, 3.8) is 0 Å². The fourth-order valence-corrected chi connectivity index (χ4v) is 3.44. The zero-order valence-corrected chi connectivity index (χ0v) is 13.5. The first-order chi connectivity index (χ1) is 11.2. The number of nitrogens with zero attached hydrogens (tertiary/aromatic N) is 1. The molecule has 3 N–H and O–H groups in total. The number of β-amino-alcohol motifs (C(OH)–C–C–N with tert-alkyl or cyclic N) is 1. The number of hydrogen-bond donors (Lipinski definition) is 2. The van der Waals surface area contributed by atoms with Gasteiger partial charge in [0.2, 0.25) is 0 Å². The van der Waals surface area contributed by atoms with E-state index < -0.39 is 6.10 Å². The summed E-state index contributed by atoms with van der Waals surface area (Å²) in [4.78, 5) is 2.40. The van der Waals surface area contributed by atoms with Gasteiger partial charge in [0.15, 0.2) is 0 Å².